The van der Waals surface area contributed by atoms with Crippen molar-refractivity contribution >= 4 is 12.0 Å². The second-order valence-electron chi connectivity index (χ2n) is 5.68. The summed E-state index contributed by atoms with van der Waals surface area (Å²) < 4.78 is 0. The van der Waals surface area contributed by atoms with Gasteiger partial charge in [0.15, 0.2) is 0 Å². The molecule has 0 amide bonds. The molecule has 1 heterocycles. The number of anilines is 1. The van der Waals surface area contributed by atoms with Gasteiger partial charge in [0.1, 0.15) is 6.29 Å². The van der Waals surface area contributed by atoms with Crippen molar-refractivity contribution < 1.29 is 4.79 Å². The van der Waals surface area contributed by atoms with E-state index in [-0.39, 0.29) is 5.41 Å². The normalized spacial score (nSPS) is 18.0. The third kappa shape index (κ3) is 2.74. The minimum absolute atomic E-state index is 0.209. The number of carbonyl (C=O) groups is 1. The van der Waals surface area contributed by atoms with Crippen LogP contribution in [0, 0.1) is 5.41 Å². The maximum atomic E-state index is 11.4. The highest BCUT2D eigenvalue weighted by molar-refractivity contribution is 5.62. The molecular formula is C16H23NO. The highest BCUT2D eigenvalue weighted by Crippen LogP contribution is 2.31. The fourth-order valence-electron chi connectivity index (χ4n) is 2.96. The van der Waals surface area contributed by atoms with Crippen LogP contribution in [0.1, 0.15) is 38.7 Å². The summed E-state index contributed by atoms with van der Waals surface area (Å²) in [5.74, 6) is 0. The van der Waals surface area contributed by atoms with Gasteiger partial charge >= 0.3 is 0 Å². The third-order valence-corrected chi connectivity index (χ3v) is 3.86. The van der Waals surface area contributed by atoms with E-state index in [0.717, 1.165) is 38.6 Å². The van der Waals surface area contributed by atoms with Crippen LogP contribution in [0.25, 0.3) is 0 Å². The first-order valence-electron chi connectivity index (χ1n) is 6.98. The Morgan fingerprint density at radius 2 is 2.17 bits per heavy atom. The SMILES string of the molecule is CCCC(C)(C=O)CN1CCCc2ccccc21. The van der Waals surface area contributed by atoms with Crippen LogP contribution in [0.5, 0.6) is 0 Å². The second kappa shape index (κ2) is 5.55. The van der Waals surface area contributed by atoms with Gasteiger partial charge in [0.25, 0.3) is 0 Å². The Kier molecular flexibility index (Phi) is 4.05. The zero-order valence-electron chi connectivity index (χ0n) is 11.5. The summed E-state index contributed by atoms with van der Waals surface area (Å²) in [7, 11) is 0. The molecule has 2 heteroatoms. The maximum absolute atomic E-state index is 11.4. The molecule has 0 fully saturated rings. The van der Waals surface area contributed by atoms with Crippen molar-refractivity contribution in [2.75, 3.05) is 18.0 Å². The fourth-order valence-corrected chi connectivity index (χ4v) is 2.96. The summed E-state index contributed by atoms with van der Waals surface area (Å²) >= 11 is 0. The number of hydrogen-bond donors (Lipinski definition) is 0. The zero-order valence-corrected chi connectivity index (χ0v) is 11.5. The first-order chi connectivity index (χ1) is 8.68. The van der Waals surface area contributed by atoms with E-state index >= 15 is 0 Å². The van der Waals surface area contributed by atoms with Gasteiger partial charge < -0.3 is 9.69 Å². The van der Waals surface area contributed by atoms with Gasteiger partial charge in [-0.3, -0.25) is 0 Å². The van der Waals surface area contributed by atoms with Gasteiger partial charge in [0.2, 0.25) is 0 Å². The first kappa shape index (κ1) is 13.1. The summed E-state index contributed by atoms with van der Waals surface area (Å²) in [4.78, 5) is 13.8. The van der Waals surface area contributed by atoms with Crippen molar-refractivity contribution in [3.63, 3.8) is 0 Å². The lowest BCUT2D eigenvalue weighted by Crippen LogP contribution is -2.39. The van der Waals surface area contributed by atoms with Crippen molar-refractivity contribution in [2.24, 2.45) is 5.41 Å². The molecule has 1 unspecified atom stereocenters. The molecule has 2 nitrogen and oxygen atoms in total. The Labute approximate surface area is 110 Å². The average molecular weight is 245 g/mol. The highest BCUT2D eigenvalue weighted by atomic mass is 16.1. The van der Waals surface area contributed by atoms with Crippen LogP contribution in [0.2, 0.25) is 0 Å². The largest absolute Gasteiger partial charge is 0.370 e. The number of hydrogen-bond acceptors (Lipinski definition) is 2. The molecule has 1 atom stereocenters. The van der Waals surface area contributed by atoms with E-state index in [1.54, 1.807) is 0 Å². The van der Waals surface area contributed by atoms with E-state index in [0.29, 0.717) is 0 Å². The smallest absolute Gasteiger partial charge is 0.127 e. The molecular weight excluding hydrogens is 222 g/mol. The number of aldehydes is 1. The van der Waals surface area contributed by atoms with Crippen LogP contribution in [0.15, 0.2) is 24.3 Å². The van der Waals surface area contributed by atoms with Gasteiger partial charge in [-0.1, -0.05) is 38.5 Å². The third-order valence-electron chi connectivity index (χ3n) is 3.86. The Morgan fingerprint density at radius 1 is 1.39 bits per heavy atom. The van der Waals surface area contributed by atoms with Gasteiger partial charge in [0, 0.05) is 24.2 Å². The fraction of sp³-hybridized carbons (Fsp3) is 0.562. The van der Waals surface area contributed by atoms with Gasteiger partial charge in [-0.25, -0.2) is 0 Å². The topological polar surface area (TPSA) is 20.3 Å². The molecule has 0 saturated heterocycles. The van der Waals surface area contributed by atoms with E-state index in [4.69, 9.17) is 0 Å². The Balaban J connectivity index is 2.18. The molecule has 1 aliphatic rings. The molecule has 1 aromatic carbocycles. The number of nitrogens with zero attached hydrogens (tertiary/aromatic N) is 1. The summed E-state index contributed by atoms with van der Waals surface area (Å²) in [5.41, 5.74) is 2.54. The summed E-state index contributed by atoms with van der Waals surface area (Å²) in [6.45, 7) is 6.15. The average Bonchev–Trinajstić information content (AvgIpc) is 2.39. The van der Waals surface area contributed by atoms with Crippen molar-refractivity contribution in [1.82, 2.24) is 0 Å². The monoisotopic (exact) mass is 245 g/mol. The molecule has 1 aliphatic heterocycles. The molecule has 0 aliphatic carbocycles. The lowest BCUT2D eigenvalue weighted by atomic mass is 9.85. The quantitative estimate of drug-likeness (QED) is 0.741. The van der Waals surface area contributed by atoms with E-state index in [9.17, 15) is 4.79 Å². The molecule has 98 valence electrons. The Morgan fingerprint density at radius 3 is 2.89 bits per heavy atom. The number of rotatable bonds is 5. The van der Waals surface area contributed by atoms with E-state index in [1.165, 1.54) is 17.7 Å². The molecule has 1 aromatic rings. The predicted molar refractivity (Wildman–Crippen MR) is 76.1 cm³/mol. The van der Waals surface area contributed by atoms with Gasteiger partial charge in [-0.05, 0) is 30.9 Å². The summed E-state index contributed by atoms with van der Waals surface area (Å²) in [6, 6.07) is 8.59. The van der Waals surface area contributed by atoms with E-state index in [2.05, 4.69) is 43.0 Å². The molecule has 0 saturated carbocycles. The van der Waals surface area contributed by atoms with Crippen LogP contribution >= 0.6 is 0 Å². The molecule has 18 heavy (non-hydrogen) atoms. The van der Waals surface area contributed by atoms with Gasteiger partial charge in [-0.15, -0.1) is 0 Å². The van der Waals surface area contributed by atoms with Crippen LogP contribution < -0.4 is 4.90 Å². The molecule has 0 aromatic heterocycles. The molecule has 0 bridgehead atoms. The number of carbonyl (C=O) groups excluding carboxylic acids is 1. The standard InChI is InChI=1S/C16H23NO/c1-3-10-16(2,13-18)12-17-11-6-8-14-7-4-5-9-15(14)17/h4-5,7,9,13H,3,6,8,10-12H2,1-2H3. The first-order valence-corrected chi connectivity index (χ1v) is 6.98. The van der Waals surface area contributed by atoms with Crippen LogP contribution in [0.3, 0.4) is 0 Å². The summed E-state index contributed by atoms with van der Waals surface area (Å²) in [6.07, 6.45) is 5.53. The van der Waals surface area contributed by atoms with Crippen molar-refractivity contribution in [3.05, 3.63) is 29.8 Å². The Hall–Kier alpha value is -1.31. The number of aryl methyl sites for hydroxylation is 1. The van der Waals surface area contributed by atoms with Crippen LogP contribution in [0.4, 0.5) is 5.69 Å². The van der Waals surface area contributed by atoms with Gasteiger partial charge in [0.05, 0.1) is 0 Å². The number of benzene rings is 1. The van der Waals surface area contributed by atoms with Gasteiger partial charge in [-0.2, -0.15) is 0 Å². The molecule has 0 spiro atoms. The second-order valence-corrected chi connectivity index (χ2v) is 5.68. The molecule has 2 rings (SSSR count). The zero-order chi connectivity index (χ0) is 13.0. The lowest BCUT2D eigenvalue weighted by Gasteiger charge is -2.37. The Bertz CT molecular complexity index is 415. The lowest BCUT2D eigenvalue weighted by molar-refractivity contribution is -0.115. The minimum Gasteiger partial charge on any atom is -0.370 e. The van der Waals surface area contributed by atoms with Crippen molar-refractivity contribution in [1.29, 1.82) is 0 Å². The molecule has 0 N–H and O–H groups in total. The van der Waals surface area contributed by atoms with E-state index < -0.39 is 0 Å². The predicted octanol–water partition coefficient (Wildman–Crippen LogP) is 3.44. The van der Waals surface area contributed by atoms with E-state index in [1.807, 2.05) is 0 Å². The van der Waals surface area contributed by atoms with Crippen LogP contribution in [-0.4, -0.2) is 19.4 Å². The summed E-state index contributed by atoms with van der Waals surface area (Å²) in [5, 5.41) is 0. The van der Waals surface area contributed by atoms with Crippen molar-refractivity contribution in [2.45, 2.75) is 39.5 Å². The number of para-hydroxylation sites is 1. The van der Waals surface area contributed by atoms with Crippen molar-refractivity contribution in [3.8, 4) is 0 Å². The van der Waals surface area contributed by atoms with Crippen LogP contribution in [-0.2, 0) is 11.2 Å². The minimum atomic E-state index is -0.209. The molecule has 0 radical (unpaired) electrons. The number of fused-ring (bicyclic) bond motifs is 1. The maximum Gasteiger partial charge on any atom is 0.127 e. The highest BCUT2D eigenvalue weighted by Gasteiger charge is 2.28.